The van der Waals surface area contributed by atoms with Crippen LogP contribution in [0.5, 0.6) is 0 Å². The van der Waals surface area contributed by atoms with Gasteiger partial charge in [-0.3, -0.25) is 14.5 Å². The summed E-state index contributed by atoms with van der Waals surface area (Å²) in [6.45, 7) is 2.32. The molecule has 7 nitrogen and oxygen atoms in total. The molecule has 1 saturated heterocycles. The molecule has 1 aliphatic heterocycles. The van der Waals surface area contributed by atoms with E-state index in [4.69, 9.17) is 11.6 Å². The third-order valence-corrected chi connectivity index (χ3v) is 5.00. The van der Waals surface area contributed by atoms with E-state index in [1.807, 2.05) is 19.1 Å². The van der Waals surface area contributed by atoms with E-state index >= 15 is 0 Å². The summed E-state index contributed by atoms with van der Waals surface area (Å²) in [6.07, 6.45) is 4.57. The number of carbonyl (C=O) groups excluding carboxylic acids is 1. The molecule has 0 radical (unpaired) electrons. The van der Waals surface area contributed by atoms with Gasteiger partial charge in [0.05, 0.1) is 12.2 Å². The van der Waals surface area contributed by atoms with Crippen molar-refractivity contribution in [2.75, 3.05) is 4.90 Å². The van der Waals surface area contributed by atoms with Crippen LogP contribution >= 0.6 is 11.6 Å². The van der Waals surface area contributed by atoms with E-state index in [9.17, 15) is 9.59 Å². The fourth-order valence-electron chi connectivity index (χ4n) is 3.19. The zero-order chi connectivity index (χ0) is 19.7. The maximum absolute atomic E-state index is 12.2. The standard InChI is InChI=1S/C20H18ClN5O2/c1-13-2-8-19(28)26(13)20-22-10-15(11-23-20)17-7-9-18(27)25(24-17)12-14-3-5-16(21)6-4-14/h3-7,9-11,13H,2,8,12H2,1H3. The Bertz CT molecular complexity index is 1060. The SMILES string of the molecule is CC1CCC(=O)N1c1ncc(-c2ccc(=O)n(Cc3ccc(Cl)cc3)n2)cn1. The van der Waals surface area contributed by atoms with Crippen LogP contribution < -0.4 is 10.5 Å². The summed E-state index contributed by atoms with van der Waals surface area (Å²) in [5.41, 5.74) is 1.98. The normalized spacial score (nSPS) is 16.6. The van der Waals surface area contributed by atoms with E-state index in [-0.39, 0.29) is 17.5 Å². The largest absolute Gasteiger partial charge is 0.278 e. The Balaban J connectivity index is 1.60. The number of benzene rings is 1. The van der Waals surface area contributed by atoms with Crippen LogP contribution in [0.15, 0.2) is 53.6 Å². The first-order chi connectivity index (χ1) is 13.5. The molecule has 4 rings (SSSR count). The molecule has 1 aliphatic rings. The lowest BCUT2D eigenvalue weighted by Crippen LogP contribution is -2.32. The van der Waals surface area contributed by atoms with Crippen LogP contribution in [-0.4, -0.2) is 31.7 Å². The van der Waals surface area contributed by atoms with Crippen molar-refractivity contribution >= 4 is 23.5 Å². The van der Waals surface area contributed by atoms with Gasteiger partial charge in [0.25, 0.3) is 5.56 Å². The van der Waals surface area contributed by atoms with E-state index < -0.39 is 0 Å². The third-order valence-electron chi connectivity index (χ3n) is 4.75. The number of hydrogen-bond acceptors (Lipinski definition) is 5. The van der Waals surface area contributed by atoms with Crippen LogP contribution in [0.3, 0.4) is 0 Å². The summed E-state index contributed by atoms with van der Waals surface area (Å²) in [7, 11) is 0. The van der Waals surface area contributed by atoms with Crippen LogP contribution in [0.25, 0.3) is 11.3 Å². The molecule has 1 aromatic carbocycles. The van der Waals surface area contributed by atoms with Crippen LogP contribution in [0, 0.1) is 0 Å². The molecule has 0 saturated carbocycles. The molecule has 0 aliphatic carbocycles. The van der Waals surface area contributed by atoms with Crippen molar-refractivity contribution in [1.29, 1.82) is 0 Å². The number of aromatic nitrogens is 4. The monoisotopic (exact) mass is 395 g/mol. The molecule has 0 bridgehead atoms. The first-order valence-corrected chi connectivity index (χ1v) is 9.36. The molecule has 0 N–H and O–H groups in total. The first kappa shape index (κ1) is 18.3. The highest BCUT2D eigenvalue weighted by atomic mass is 35.5. The molecule has 0 spiro atoms. The molecule has 1 amide bonds. The Morgan fingerprint density at radius 1 is 1.07 bits per heavy atom. The van der Waals surface area contributed by atoms with Gasteiger partial charge in [0, 0.05) is 41.5 Å². The van der Waals surface area contributed by atoms with Gasteiger partial charge >= 0.3 is 0 Å². The summed E-state index contributed by atoms with van der Waals surface area (Å²) < 4.78 is 1.39. The number of anilines is 1. The molecular weight excluding hydrogens is 378 g/mol. The van der Waals surface area contributed by atoms with Crippen LogP contribution in [0.1, 0.15) is 25.3 Å². The Kier molecular flexibility index (Phi) is 4.92. The van der Waals surface area contributed by atoms with Crippen molar-refractivity contribution in [3.8, 4) is 11.3 Å². The Morgan fingerprint density at radius 2 is 1.79 bits per heavy atom. The molecule has 3 aromatic rings. The number of halogens is 1. The van der Waals surface area contributed by atoms with Gasteiger partial charge in [-0.25, -0.2) is 14.6 Å². The van der Waals surface area contributed by atoms with Gasteiger partial charge in [-0.15, -0.1) is 0 Å². The molecule has 142 valence electrons. The number of amides is 1. The van der Waals surface area contributed by atoms with E-state index in [0.29, 0.717) is 35.2 Å². The average molecular weight is 396 g/mol. The average Bonchev–Trinajstić information content (AvgIpc) is 3.04. The highest BCUT2D eigenvalue weighted by molar-refractivity contribution is 6.30. The van der Waals surface area contributed by atoms with Crippen molar-refractivity contribution in [3.63, 3.8) is 0 Å². The van der Waals surface area contributed by atoms with E-state index in [0.717, 1.165) is 12.0 Å². The summed E-state index contributed by atoms with van der Waals surface area (Å²) in [4.78, 5) is 34.5. The Morgan fingerprint density at radius 3 is 2.43 bits per heavy atom. The second-order valence-electron chi connectivity index (χ2n) is 6.76. The number of carbonyl (C=O) groups is 1. The lowest BCUT2D eigenvalue weighted by Gasteiger charge is -2.19. The van der Waals surface area contributed by atoms with Gasteiger partial charge < -0.3 is 0 Å². The lowest BCUT2D eigenvalue weighted by molar-refractivity contribution is -0.117. The Labute approximate surface area is 166 Å². The summed E-state index contributed by atoms with van der Waals surface area (Å²) >= 11 is 5.91. The maximum atomic E-state index is 12.2. The van der Waals surface area contributed by atoms with Crippen molar-refractivity contribution in [3.05, 3.63) is 69.7 Å². The quantitative estimate of drug-likeness (QED) is 0.678. The molecule has 1 unspecified atom stereocenters. The minimum absolute atomic E-state index is 0.0369. The predicted molar refractivity (Wildman–Crippen MR) is 106 cm³/mol. The van der Waals surface area contributed by atoms with Crippen LogP contribution in [0.4, 0.5) is 5.95 Å². The van der Waals surface area contributed by atoms with Gasteiger partial charge in [0.1, 0.15) is 0 Å². The summed E-state index contributed by atoms with van der Waals surface area (Å²) in [6, 6.07) is 10.5. The summed E-state index contributed by atoms with van der Waals surface area (Å²) in [5.74, 6) is 0.433. The Hall–Kier alpha value is -3.06. The van der Waals surface area contributed by atoms with Crippen LogP contribution in [0.2, 0.25) is 5.02 Å². The third kappa shape index (κ3) is 3.66. The van der Waals surface area contributed by atoms with Crippen molar-refractivity contribution in [1.82, 2.24) is 19.7 Å². The lowest BCUT2D eigenvalue weighted by atomic mass is 10.2. The van der Waals surface area contributed by atoms with Crippen LogP contribution in [-0.2, 0) is 11.3 Å². The molecular formula is C20H18ClN5O2. The van der Waals surface area contributed by atoms with Gasteiger partial charge in [-0.2, -0.15) is 5.10 Å². The second kappa shape index (κ2) is 7.52. The van der Waals surface area contributed by atoms with Gasteiger partial charge in [0.15, 0.2) is 0 Å². The molecule has 28 heavy (non-hydrogen) atoms. The molecule has 1 fully saturated rings. The predicted octanol–water partition coefficient (Wildman–Crippen LogP) is 2.92. The molecule has 3 heterocycles. The number of rotatable bonds is 4. The van der Waals surface area contributed by atoms with Crippen molar-refractivity contribution < 1.29 is 4.79 Å². The van der Waals surface area contributed by atoms with E-state index in [1.54, 1.807) is 35.5 Å². The first-order valence-electron chi connectivity index (χ1n) is 8.98. The number of hydrogen-bond donors (Lipinski definition) is 0. The zero-order valence-corrected chi connectivity index (χ0v) is 16.0. The van der Waals surface area contributed by atoms with Gasteiger partial charge in [-0.05, 0) is 37.1 Å². The topological polar surface area (TPSA) is 81.0 Å². The van der Waals surface area contributed by atoms with E-state index in [1.165, 1.54) is 10.7 Å². The molecule has 8 heteroatoms. The minimum Gasteiger partial charge on any atom is -0.278 e. The fraction of sp³-hybridized carbons (Fsp3) is 0.250. The maximum Gasteiger partial charge on any atom is 0.267 e. The second-order valence-corrected chi connectivity index (χ2v) is 7.20. The number of nitrogens with zero attached hydrogens (tertiary/aromatic N) is 5. The van der Waals surface area contributed by atoms with Gasteiger partial charge in [-0.1, -0.05) is 23.7 Å². The highest BCUT2D eigenvalue weighted by Crippen LogP contribution is 2.24. The molecule has 2 aromatic heterocycles. The zero-order valence-electron chi connectivity index (χ0n) is 15.2. The summed E-state index contributed by atoms with van der Waals surface area (Å²) in [5, 5.41) is 5.07. The highest BCUT2D eigenvalue weighted by Gasteiger charge is 2.30. The van der Waals surface area contributed by atoms with Gasteiger partial charge in [0.2, 0.25) is 11.9 Å². The van der Waals surface area contributed by atoms with Crippen molar-refractivity contribution in [2.45, 2.75) is 32.4 Å². The van der Waals surface area contributed by atoms with E-state index in [2.05, 4.69) is 15.1 Å². The van der Waals surface area contributed by atoms with Crippen molar-refractivity contribution in [2.24, 2.45) is 0 Å². The fourth-order valence-corrected chi connectivity index (χ4v) is 3.32. The molecule has 1 atom stereocenters. The smallest absolute Gasteiger partial charge is 0.267 e. The minimum atomic E-state index is -0.201.